The Balaban J connectivity index is 2.07. The first-order valence-corrected chi connectivity index (χ1v) is 6.03. The summed E-state index contributed by atoms with van der Waals surface area (Å²) in [6.07, 6.45) is 0.360. The molecule has 2 amide bonds. The van der Waals surface area contributed by atoms with Crippen LogP contribution in [0.15, 0.2) is 18.2 Å². The van der Waals surface area contributed by atoms with E-state index in [-0.39, 0.29) is 18.4 Å². The number of hydrogen-bond acceptors (Lipinski definition) is 3. The Bertz CT molecular complexity index is 585. The summed E-state index contributed by atoms with van der Waals surface area (Å²) >= 11 is 0. The third-order valence-electron chi connectivity index (χ3n) is 2.99. The van der Waals surface area contributed by atoms with E-state index in [0.29, 0.717) is 17.7 Å². The summed E-state index contributed by atoms with van der Waals surface area (Å²) < 4.78 is 0. The van der Waals surface area contributed by atoms with Gasteiger partial charge in [-0.25, -0.2) is 0 Å². The van der Waals surface area contributed by atoms with Crippen LogP contribution in [-0.4, -0.2) is 18.4 Å². The zero-order valence-corrected chi connectivity index (χ0v) is 10.9. The molecule has 1 heterocycles. The molecule has 5 heteroatoms. The molecule has 1 aliphatic rings. The average molecular weight is 257 g/mol. The molecule has 0 saturated heterocycles. The molecule has 0 spiro atoms. The normalized spacial score (nSPS) is 13.4. The lowest BCUT2D eigenvalue weighted by Gasteiger charge is -2.16. The number of nitriles is 1. The Hall–Kier alpha value is -2.35. The van der Waals surface area contributed by atoms with E-state index in [1.807, 2.05) is 0 Å². The minimum absolute atomic E-state index is 0.0572. The molecule has 0 unspecified atom stereocenters. The fourth-order valence-electron chi connectivity index (χ4n) is 1.80. The summed E-state index contributed by atoms with van der Waals surface area (Å²) in [7, 11) is 0. The predicted molar refractivity (Wildman–Crippen MR) is 70.5 cm³/mol. The van der Waals surface area contributed by atoms with E-state index >= 15 is 0 Å². The molecular weight excluding hydrogens is 242 g/mol. The number of nitrogens with one attached hydrogen (secondary N) is 2. The molecule has 0 atom stereocenters. The summed E-state index contributed by atoms with van der Waals surface area (Å²) in [6, 6.07) is 7.25. The summed E-state index contributed by atoms with van der Waals surface area (Å²) in [5, 5.41) is 14.3. The van der Waals surface area contributed by atoms with E-state index in [0.717, 1.165) is 5.56 Å². The van der Waals surface area contributed by atoms with Crippen LogP contribution in [0.2, 0.25) is 0 Å². The molecule has 0 bridgehead atoms. The van der Waals surface area contributed by atoms with E-state index in [1.54, 1.807) is 32.0 Å². The number of rotatable bonds is 3. The van der Waals surface area contributed by atoms with Gasteiger partial charge in [0.15, 0.2) is 0 Å². The van der Waals surface area contributed by atoms with Gasteiger partial charge in [0.2, 0.25) is 5.91 Å². The highest BCUT2D eigenvalue weighted by Crippen LogP contribution is 2.24. The molecular formula is C14H15N3O2. The molecule has 5 nitrogen and oxygen atoms in total. The van der Waals surface area contributed by atoms with E-state index in [9.17, 15) is 9.59 Å². The SMILES string of the molecule is CC(C)(C#N)CNC(=O)c1ccc2c(c1)NC(=O)C2. The quantitative estimate of drug-likeness (QED) is 0.860. The first-order chi connectivity index (χ1) is 8.91. The summed E-state index contributed by atoms with van der Waals surface area (Å²) in [5.41, 5.74) is 1.48. The van der Waals surface area contributed by atoms with Crippen molar-refractivity contribution < 1.29 is 9.59 Å². The zero-order chi connectivity index (χ0) is 14.0. The van der Waals surface area contributed by atoms with Gasteiger partial charge in [0.05, 0.1) is 17.9 Å². The monoisotopic (exact) mass is 257 g/mol. The summed E-state index contributed by atoms with van der Waals surface area (Å²) in [5.74, 6) is -0.301. The highest BCUT2D eigenvalue weighted by Gasteiger charge is 2.21. The van der Waals surface area contributed by atoms with E-state index in [1.165, 1.54) is 0 Å². The standard InChI is InChI=1S/C14H15N3O2/c1-14(2,7-15)8-16-13(19)10-4-3-9-6-12(18)17-11(9)5-10/h3-5H,6,8H2,1-2H3,(H,16,19)(H,17,18). The van der Waals surface area contributed by atoms with Crippen LogP contribution >= 0.6 is 0 Å². The number of amides is 2. The van der Waals surface area contributed by atoms with Gasteiger partial charge in [-0.15, -0.1) is 0 Å². The van der Waals surface area contributed by atoms with Crippen LogP contribution in [0.5, 0.6) is 0 Å². The van der Waals surface area contributed by atoms with Gasteiger partial charge in [-0.1, -0.05) is 6.07 Å². The Morgan fingerprint density at radius 3 is 2.95 bits per heavy atom. The second-order valence-corrected chi connectivity index (χ2v) is 5.28. The number of hydrogen-bond donors (Lipinski definition) is 2. The fourth-order valence-corrected chi connectivity index (χ4v) is 1.80. The van der Waals surface area contributed by atoms with Crippen LogP contribution in [0.3, 0.4) is 0 Å². The predicted octanol–water partition coefficient (Wildman–Crippen LogP) is 1.46. The third kappa shape index (κ3) is 2.91. The molecule has 0 saturated carbocycles. The Labute approximate surface area is 111 Å². The van der Waals surface area contributed by atoms with Crippen molar-refractivity contribution in [2.24, 2.45) is 5.41 Å². The van der Waals surface area contributed by atoms with Gasteiger partial charge in [-0.3, -0.25) is 9.59 Å². The van der Waals surface area contributed by atoms with Crippen molar-refractivity contribution in [2.75, 3.05) is 11.9 Å². The maximum absolute atomic E-state index is 12.0. The number of fused-ring (bicyclic) bond motifs is 1. The second-order valence-electron chi connectivity index (χ2n) is 5.28. The topological polar surface area (TPSA) is 82.0 Å². The number of benzene rings is 1. The molecule has 1 aromatic carbocycles. The van der Waals surface area contributed by atoms with Gasteiger partial charge >= 0.3 is 0 Å². The van der Waals surface area contributed by atoms with Crippen LogP contribution in [-0.2, 0) is 11.2 Å². The minimum atomic E-state index is -0.597. The third-order valence-corrected chi connectivity index (χ3v) is 2.99. The average Bonchev–Trinajstić information content (AvgIpc) is 2.75. The maximum Gasteiger partial charge on any atom is 0.251 e. The van der Waals surface area contributed by atoms with Gasteiger partial charge in [0, 0.05) is 17.8 Å². The second kappa shape index (κ2) is 4.73. The van der Waals surface area contributed by atoms with Crippen molar-refractivity contribution in [1.29, 1.82) is 5.26 Å². The Morgan fingerprint density at radius 1 is 1.53 bits per heavy atom. The molecule has 98 valence electrons. The van der Waals surface area contributed by atoms with Gasteiger partial charge in [-0.05, 0) is 31.5 Å². The van der Waals surface area contributed by atoms with Crippen molar-refractivity contribution in [3.63, 3.8) is 0 Å². The molecule has 0 fully saturated rings. The zero-order valence-electron chi connectivity index (χ0n) is 10.9. The lowest BCUT2D eigenvalue weighted by molar-refractivity contribution is -0.115. The van der Waals surface area contributed by atoms with Crippen molar-refractivity contribution in [2.45, 2.75) is 20.3 Å². The van der Waals surface area contributed by atoms with Crippen molar-refractivity contribution in [1.82, 2.24) is 5.32 Å². The first kappa shape index (κ1) is 13.1. The molecule has 2 N–H and O–H groups in total. The maximum atomic E-state index is 12.0. The Kier molecular flexibility index (Phi) is 3.26. The lowest BCUT2D eigenvalue weighted by atomic mass is 9.96. The fraction of sp³-hybridized carbons (Fsp3) is 0.357. The van der Waals surface area contributed by atoms with Gasteiger partial charge in [0.1, 0.15) is 0 Å². The number of anilines is 1. The highest BCUT2D eigenvalue weighted by molar-refractivity contribution is 6.02. The van der Waals surface area contributed by atoms with Crippen LogP contribution < -0.4 is 10.6 Å². The lowest BCUT2D eigenvalue weighted by Crippen LogP contribution is -2.33. The minimum Gasteiger partial charge on any atom is -0.350 e. The van der Waals surface area contributed by atoms with Crippen LogP contribution in [0.25, 0.3) is 0 Å². The van der Waals surface area contributed by atoms with Crippen molar-refractivity contribution in [3.05, 3.63) is 29.3 Å². The largest absolute Gasteiger partial charge is 0.350 e. The number of carbonyl (C=O) groups excluding carboxylic acids is 2. The van der Waals surface area contributed by atoms with Gasteiger partial charge in [0.25, 0.3) is 5.91 Å². The molecule has 1 aromatic rings. The van der Waals surface area contributed by atoms with Crippen molar-refractivity contribution >= 4 is 17.5 Å². The molecule has 2 rings (SSSR count). The summed E-state index contributed by atoms with van der Waals surface area (Å²) in [4.78, 5) is 23.2. The molecule has 19 heavy (non-hydrogen) atoms. The first-order valence-electron chi connectivity index (χ1n) is 6.03. The van der Waals surface area contributed by atoms with Crippen LogP contribution in [0, 0.1) is 16.7 Å². The van der Waals surface area contributed by atoms with Crippen LogP contribution in [0.4, 0.5) is 5.69 Å². The van der Waals surface area contributed by atoms with Crippen molar-refractivity contribution in [3.8, 4) is 6.07 Å². The Morgan fingerprint density at radius 2 is 2.26 bits per heavy atom. The summed E-state index contributed by atoms with van der Waals surface area (Å²) in [6.45, 7) is 3.80. The molecule has 0 radical (unpaired) electrons. The van der Waals surface area contributed by atoms with E-state index < -0.39 is 5.41 Å². The van der Waals surface area contributed by atoms with E-state index in [2.05, 4.69) is 16.7 Å². The number of carbonyl (C=O) groups is 2. The van der Waals surface area contributed by atoms with E-state index in [4.69, 9.17) is 5.26 Å². The molecule has 0 aromatic heterocycles. The molecule has 1 aliphatic heterocycles. The number of nitrogens with zero attached hydrogens (tertiary/aromatic N) is 1. The smallest absolute Gasteiger partial charge is 0.251 e. The highest BCUT2D eigenvalue weighted by atomic mass is 16.2. The molecule has 0 aliphatic carbocycles. The van der Waals surface area contributed by atoms with Crippen LogP contribution in [0.1, 0.15) is 29.8 Å². The van der Waals surface area contributed by atoms with Gasteiger partial charge < -0.3 is 10.6 Å². The van der Waals surface area contributed by atoms with Gasteiger partial charge in [-0.2, -0.15) is 5.26 Å².